The lowest BCUT2D eigenvalue weighted by Crippen LogP contribution is -2.08. The van der Waals surface area contributed by atoms with E-state index in [1.165, 1.54) is 6.42 Å². The van der Waals surface area contributed by atoms with Crippen LogP contribution in [-0.4, -0.2) is 24.9 Å². The Kier molecular flexibility index (Phi) is 11.6. The Morgan fingerprint density at radius 2 is 1.30 bits per heavy atom. The van der Waals surface area contributed by atoms with E-state index in [4.69, 9.17) is 14.2 Å². The summed E-state index contributed by atoms with van der Waals surface area (Å²) in [4.78, 5) is 12.3. The molecule has 2 aromatic rings. The number of rotatable bonds is 15. The second kappa shape index (κ2) is 14.6. The number of esters is 1. The summed E-state index contributed by atoms with van der Waals surface area (Å²) in [5.41, 5.74) is 0.485. The molecule has 2 rings (SSSR count). The number of hydrogen-bond acceptors (Lipinski definition) is 5. The van der Waals surface area contributed by atoms with Gasteiger partial charge in [0.15, 0.2) is 0 Å². The quantitative estimate of drug-likeness (QED) is 0.115. The fourth-order valence-electron chi connectivity index (χ4n) is 2.80. The van der Waals surface area contributed by atoms with Gasteiger partial charge in [-0.1, -0.05) is 18.9 Å². The van der Waals surface area contributed by atoms with Crippen molar-refractivity contribution in [2.75, 3.05) is 19.0 Å². The summed E-state index contributed by atoms with van der Waals surface area (Å²) < 4.78 is 16.8. The minimum absolute atomic E-state index is 0.397. The van der Waals surface area contributed by atoms with Gasteiger partial charge in [-0.05, 0) is 86.4 Å². The Morgan fingerprint density at radius 1 is 0.767 bits per heavy atom. The minimum atomic E-state index is -0.397. The molecule has 0 bridgehead atoms. The van der Waals surface area contributed by atoms with E-state index >= 15 is 0 Å². The molecule has 0 N–H and O–H groups in total. The van der Waals surface area contributed by atoms with Gasteiger partial charge in [0.1, 0.15) is 17.2 Å². The molecule has 0 spiro atoms. The zero-order valence-electron chi connectivity index (χ0n) is 17.6. The van der Waals surface area contributed by atoms with Crippen LogP contribution in [0.4, 0.5) is 0 Å². The number of carbonyl (C=O) groups is 1. The summed E-state index contributed by atoms with van der Waals surface area (Å²) in [6, 6.07) is 14.1. The minimum Gasteiger partial charge on any atom is -0.494 e. The van der Waals surface area contributed by atoms with Gasteiger partial charge in [0.05, 0.1) is 18.8 Å². The van der Waals surface area contributed by atoms with Gasteiger partial charge in [0, 0.05) is 0 Å². The number of hydrogen-bond donors (Lipinski definition) is 1. The molecule has 0 heterocycles. The Balaban J connectivity index is 1.72. The van der Waals surface area contributed by atoms with Gasteiger partial charge < -0.3 is 14.2 Å². The molecule has 5 heteroatoms. The van der Waals surface area contributed by atoms with E-state index in [1.54, 1.807) is 36.4 Å². The van der Waals surface area contributed by atoms with Crippen LogP contribution in [0.1, 0.15) is 55.3 Å². The molecule has 0 saturated carbocycles. The molecule has 0 fully saturated rings. The molecule has 2 aromatic carbocycles. The van der Waals surface area contributed by atoms with Crippen LogP contribution < -0.4 is 14.2 Å². The lowest BCUT2D eigenvalue weighted by molar-refractivity contribution is 0.0734. The van der Waals surface area contributed by atoms with Crippen molar-refractivity contribution in [3.8, 4) is 17.2 Å². The number of ether oxygens (including phenoxy) is 3. The molecular weight excluding hydrogens is 396 g/mol. The van der Waals surface area contributed by atoms with Gasteiger partial charge >= 0.3 is 5.97 Å². The summed E-state index contributed by atoms with van der Waals surface area (Å²) in [6.45, 7) is 5.05. The maximum Gasteiger partial charge on any atom is 0.343 e. The highest BCUT2D eigenvalue weighted by molar-refractivity contribution is 7.80. The third-order valence-corrected chi connectivity index (χ3v) is 4.83. The summed E-state index contributed by atoms with van der Waals surface area (Å²) in [7, 11) is 0. The smallest absolute Gasteiger partial charge is 0.343 e. The topological polar surface area (TPSA) is 44.8 Å². The van der Waals surface area contributed by atoms with Crippen molar-refractivity contribution >= 4 is 18.6 Å². The Morgan fingerprint density at radius 3 is 1.90 bits per heavy atom. The molecule has 0 saturated heterocycles. The fourth-order valence-corrected chi connectivity index (χ4v) is 3.02. The molecule has 0 atom stereocenters. The Hall–Kier alpha value is -2.40. The van der Waals surface area contributed by atoms with Crippen LogP contribution >= 0.6 is 12.6 Å². The van der Waals surface area contributed by atoms with E-state index in [9.17, 15) is 4.79 Å². The predicted molar refractivity (Wildman–Crippen MR) is 125 cm³/mol. The molecule has 0 aromatic heterocycles. The summed E-state index contributed by atoms with van der Waals surface area (Å²) >= 11 is 4.21. The molecule has 0 aliphatic rings. The molecule has 0 amide bonds. The molecule has 30 heavy (non-hydrogen) atoms. The largest absolute Gasteiger partial charge is 0.494 e. The first-order valence-corrected chi connectivity index (χ1v) is 11.3. The van der Waals surface area contributed by atoms with E-state index in [-0.39, 0.29) is 0 Å². The zero-order chi connectivity index (χ0) is 21.4. The predicted octanol–water partition coefficient (Wildman–Crippen LogP) is 6.51. The van der Waals surface area contributed by atoms with Crippen LogP contribution in [0.15, 0.2) is 61.2 Å². The first-order valence-electron chi connectivity index (χ1n) is 10.6. The van der Waals surface area contributed by atoms with Crippen molar-refractivity contribution in [2.45, 2.75) is 44.9 Å². The standard InChI is InChI=1S/C25H32O4S/c1-2-3-4-7-18-28-23-14-16-24(17-15-23)29-25(26)21-10-12-22(13-11-21)27-19-8-5-6-9-20-30/h2,10-17,30H,1,3-9,18-20H2. The van der Waals surface area contributed by atoms with Crippen LogP contribution in [0.3, 0.4) is 0 Å². The van der Waals surface area contributed by atoms with E-state index in [0.29, 0.717) is 24.5 Å². The van der Waals surface area contributed by atoms with Crippen molar-refractivity contribution < 1.29 is 19.0 Å². The van der Waals surface area contributed by atoms with Gasteiger partial charge in [0.2, 0.25) is 0 Å². The number of thiol groups is 1. The van der Waals surface area contributed by atoms with Crippen molar-refractivity contribution in [2.24, 2.45) is 0 Å². The van der Waals surface area contributed by atoms with Crippen molar-refractivity contribution in [3.05, 3.63) is 66.7 Å². The summed E-state index contributed by atoms with van der Waals surface area (Å²) in [5, 5.41) is 0. The highest BCUT2D eigenvalue weighted by atomic mass is 32.1. The molecule has 0 unspecified atom stereocenters. The molecule has 0 radical (unpaired) electrons. The highest BCUT2D eigenvalue weighted by Gasteiger charge is 2.09. The third kappa shape index (κ3) is 9.40. The van der Waals surface area contributed by atoms with Crippen molar-refractivity contribution in [1.82, 2.24) is 0 Å². The van der Waals surface area contributed by atoms with Crippen LogP contribution in [0.2, 0.25) is 0 Å². The van der Waals surface area contributed by atoms with E-state index in [2.05, 4.69) is 19.2 Å². The lowest BCUT2D eigenvalue weighted by Gasteiger charge is -2.09. The maximum absolute atomic E-state index is 12.3. The first kappa shape index (κ1) is 23.9. The van der Waals surface area contributed by atoms with E-state index in [1.807, 2.05) is 18.2 Å². The maximum atomic E-state index is 12.3. The van der Waals surface area contributed by atoms with Crippen LogP contribution in [0.25, 0.3) is 0 Å². The van der Waals surface area contributed by atoms with Crippen molar-refractivity contribution in [3.63, 3.8) is 0 Å². The lowest BCUT2D eigenvalue weighted by atomic mass is 10.2. The zero-order valence-corrected chi connectivity index (χ0v) is 18.4. The summed E-state index contributed by atoms with van der Waals surface area (Å²) in [6.07, 6.45) is 9.46. The van der Waals surface area contributed by atoms with Crippen LogP contribution in [-0.2, 0) is 0 Å². The third-order valence-electron chi connectivity index (χ3n) is 4.52. The second-order valence-corrected chi connectivity index (χ2v) is 7.45. The summed E-state index contributed by atoms with van der Waals surface area (Å²) in [5.74, 6) is 2.55. The average molecular weight is 429 g/mol. The molecular formula is C25H32O4S. The first-order chi connectivity index (χ1) is 14.7. The molecule has 4 nitrogen and oxygen atoms in total. The van der Waals surface area contributed by atoms with Gasteiger partial charge in [-0.3, -0.25) is 0 Å². The number of unbranched alkanes of at least 4 members (excludes halogenated alkanes) is 5. The van der Waals surface area contributed by atoms with E-state index in [0.717, 1.165) is 55.8 Å². The van der Waals surface area contributed by atoms with Crippen LogP contribution in [0, 0.1) is 0 Å². The molecule has 0 aliphatic heterocycles. The molecule has 162 valence electrons. The van der Waals surface area contributed by atoms with Crippen molar-refractivity contribution in [1.29, 1.82) is 0 Å². The van der Waals surface area contributed by atoms with E-state index < -0.39 is 5.97 Å². The monoisotopic (exact) mass is 428 g/mol. The fraction of sp³-hybridized carbons (Fsp3) is 0.400. The van der Waals surface area contributed by atoms with Gasteiger partial charge in [-0.15, -0.1) is 6.58 Å². The second-order valence-electron chi connectivity index (χ2n) is 7.00. The Labute approximate surface area is 185 Å². The number of benzene rings is 2. The molecule has 0 aliphatic carbocycles. The SMILES string of the molecule is C=CCCCCOc1ccc(OC(=O)c2ccc(OCCCCCCS)cc2)cc1. The van der Waals surface area contributed by atoms with Gasteiger partial charge in [-0.2, -0.15) is 12.6 Å². The van der Waals surface area contributed by atoms with Gasteiger partial charge in [0.25, 0.3) is 0 Å². The highest BCUT2D eigenvalue weighted by Crippen LogP contribution is 2.20. The number of carbonyl (C=O) groups excluding carboxylic acids is 1. The number of allylic oxidation sites excluding steroid dienone is 1. The van der Waals surface area contributed by atoms with Gasteiger partial charge in [-0.25, -0.2) is 4.79 Å². The average Bonchev–Trinajstić information content (AvgIpc) is 2.77. The normalized spacial score (nSPS) is 10.4. The Bertz CT molecular complexity index is 741. The van der Waals surface area contributed by atoms with Crippen LogP contribution in [0.5, 0.6) is 17.2 Å².